The van der Waals surface area contributed by atoms with Crippen LogP contribution in [0.3, 0.4) is 0 Å². The Morgan fingerprint density at radius 3 is 2.80 bits per heavy atom. The molecule has 2 heterocycles. The maximum Gasteiger partial charge on any atom is 0.185 e. The Kier molecular flexibility index (Phi) is 5.57. The molecule has 5 heteroatoms. The number of hydrogen-bond acceptors (Lipinski definition) is 5. The fourth-order valence-electron chi connectivity index (χ4n) is 1.95. The molecule has 0 aliphatic carbocycles. The summed E-state index contributed by atoms with van der Waals surface area (Å²) in [6, 6.07) is 4.79. The molecule has 0 aliphatic rings. The molecule has 20 heavy (non-hydrogen) atoms. The molecule has 0 unspecified atom stereocenters. The number of anilines is 1. The molecule has 2 rings (SSSR count). The van der Waals surface area contributed by atoms with E-state index in [1.54, 1.807) is 11.3 Å². The first-order chi connectivity index (χ1) is 9.60. The molecule has 0 radical (unpaired) electrons. The third-order valence-electron chi connectivity index (χ3n) is 3.07. The minimum Gasteiger partial charge on any atom is -0.346 e. The first-order valence-electron chi connectivity index (χ1n) is 7.05. The van der Waals surface area contributed by atoms with E-state index in [9.17, 15) is 0 Å². The number of nitrogens with zero attached hydrogens (tertiary/aromatic N) is 2. The highest BCUT2D eigenvalue weighted by Gasteiger charge is 2.13. The van der Waals surface area contributed by atoms with Gasteiger partial charge < -0.3 is 10.2 Å². The number of aromatic nitrogens is 1. The van der Waals surface area contributed by atoms with Crippen LogP contribution < -0.4 is 10.2 Å². The second kappa shape index (κ2) is 7.20. The summed E-state index contributed by atoms with van der Waals surface area (Å²) in [5.74, 6) is 0. The van der Waals surface area contributed by atoms with E-state index in [1.807, 2.05) is 11.3 Å². The van der Waals surface area contributed by atoms with Gasteiger partial charge in [-0.1, -0.05) is 26.8 Å². The second-order valence-electron chi connectivity index (χ2n) is 5.19. The number of thiophene rings is 1. The van der Waals surface area contributed by atoms with Crippen molar-refractivity contribution in [1.29, 1.82) is 0 Å². The van der Waals surface area contributed by atoms with Crippen molar-refractivity contribution in [2.45, 2.75) is 46.3 Å². The van der Waals surface area contributed by atoms with Crippen LogP contribution in [0.1, 0.15) is 36.2 Å². The minimum absolute atomic E-state index is 0.508. The van der Waals surface area contributed by atoms with Crippen LogP contribution in [0.15, 0.2) is 17.5 Å². The van der Waals surface area contributed by atoms with Gasteiger partial charge >= 0.3 is 0 Å². The highest BCUT2D eigenvalue weighted by molar-refractivity contribution is 7.15. The average molecular weight is 310 g/mol. The quantitative estimate of drug-likeness (QED) is 0.840. The number of aryl methyl sites for hydroxylation is 1. The van der Waals surface area contributed by atoms with Crippen molar-refractivity contribution in [3.63, 3.8) is 0 Å². The Labute approximate surface area is 129 Å². The second-order valence-corrected chi connectivity index (χ2v) is 7.29. The third kappa shape index (κ3) is 4.04. The first-order valence-corrected chi connectivity index (χ1v) is 8.75. The van der Waals surface area contributed by atoms with Gasteiger partial charge in [0.1, 0.15) is 0 Å². The number of hydrogen-bond donors (Lipinski definition) is 1. The zero-order chi connectivity index (χ0) is 14.5. The molecule has 1 N–H and O–H groups in total. The van der Waals surface area contributed by atoms with E-state index in [0.717, 1.165) is 24.6 Å². The lowest BCUT2D eigenvalue weighted by molar-refractivity contribution is 0.590. The highest BCUT2D eigenvalue weighted by Crippen LogP contribution is 2.27. The lowest BCUT2D eigenvalue weighted by atomic mass is 10.3. The zero-order valence-electron chi connectivity index (χ0n) is 12.6. The fraction of sp³-hybridized carbons (Fsp3) is 0.533. The Balaban J connectivity index is 2.07. The smallest absolute Gasteiger partial charge is 0.185 e. The number of nitrogens with one attached hydrogen (secondary N) is 1. The standard InChI is InChI=1S/C15H23N3S2/c1-5-13-14(9-16-11(2)3)20-15(17-13)18(4)10-12-7-6-8-19-12/h6-8,11,16H,5,9-10H2,1-4H3. The van der Waals surface area contributed by atoms with Crippen molar-refractivity contribution < 1.29 is 0 Å². The van der Waals surface area contributed by atoms with Gasteiger partial charge in [-0.2, -0.15) is 0 Å². The van der Waals surface area contributed by atoms with Gasteiger partial charge in [-0.15, -0.1) is 22.7 Å². The lowest BCUT2D eigenvalue weighted by Crippen LogP contribution is -2.21. The molecular weight excluding hydrogens is 286 g/mol. The van der Waals surface area contributed by atoms with Gasteiger partial charge in [0, 0.05) is 29.4 Å². The molecule has 0 aliphatic heterocycles. The highest BCUT2D eigenvalue weighted by atomic mass is 32.1. The van der Waals surface area contributed by atoms with Crippen LogP contribution in [0.4, 0.5) is 5.13 Å². The molecule has 0 amide bonds. The maximum absolute atomic E-state index is 4.80. The molecule has 2 aromatic rings. The Morgan fingerprint density at radius 1 is 1.40 bits per heavy atom. The minimum atomic E-state index is 0.508. The predicted octanol–water partition coefficient (Wildman–Crippen LogP) is 3.90. The van der Waals surface area contributed by atoms with Crippen molar-refractivity contribution in [3.8, 4) is 0 Å². The average Bonchev–Trinajstić information content (AvgIpc) is 3.04. The van der Waals surface area contributed by atoms with Crippen molar-refractivity contribution in [3.05, 3.63) is 33.0 Å². The summed E-state index contributed by atoms with van der Waals surface area (Å²) in [4.78, 5) is 9.79. The largest absolute Gasteiger partial charge is 0.346 e. The van der Waals surface area contributed by atoms with E-state index >= 15 is 0 Å². The van der Waals surface area contributed by atoms with Gasteiger partial charge in [-0.3, -0.25) is 0 Å². The van der Waals surface area contributed by atoms with Gasteiger partial charge in [-0.05, 0) is 17.9 Å². The molecule has 0 bridgehead atoms. The predicted molar refractivity (Wildman–Crippen MR) is 89.9 cm³/mol. The van der Waals surface area contributed by atoms with Crippen LogP contribution in [-0.2, 0) is 19.5 Å². The van der Waals surface area contributed by atoms with E-state index < -0.39 is 0 Å². The zero-order valence-corrected chi connectivity index (χ0v) is 14.3. The molecule has 3 nitrogen and oxygen atoms in total. The normalized spacial score (nSPS) is 11.2. The van der Waals surface area contributed by atoms with Gasteiger partial charge in [0.2, 0.25) is 0 Å². The molecule has 0 aromatic carbocycles. The summed E-state index contributed by atoms with van der Waals surface area (Å²) >= 11 is 3.61. The molecule has 0 saturated heterocycles. The van der Waals surface area contributed by atoms with E-state index in [-0.39, 0.29) is 0 Å². The molecule has 0 fully saturated rings. The Morgan fingerprint density at radius 2 is 2.20 bits per heavy atom. The lowest BCUT2D eigenvalue weighted by Gasteiger charge is -2.14. The van der Waals surface area contributed by atoms with Gasteiger partial charge in [-0.25, -0.2) is 4.98 Å². The first kappa shape index (κ1) is 15.5. The van der Waals surface area contributed by atoms with Crippen LogP contribution in [0.25, 0.3) is 0 Å². The Bertz CT molecular complexity index is 517. The van der Waals surface area contributed by atoms with E-state index in [4.69, 9.17) is 4.98 Å². The van der Waals surface area contributed by atoms with Gasteiger partial charge in [0.25, 0.3) is 0 Å². The topological polar surface area (TPSA) is 28.2 Å². The van der Waals surface area contributed by atoms with Crippen molar-refractivity contribution in [2.24, 2.45) is 0 Å². The van der Waals surface area contributed by atoms with Crippen molar-refractivity contribution >= 4 is 27.8 Å². The Hall–Kier alpha value is -0.910. The van der Waals surface area contributed by atoms with Crippen LogP contribution >= 0.6 is 22.7 Å². The summed E-state index contributed by atoms with van der Waals surface area (Å²) in [5.41, 5.74) is 1.23. The maximum atomic E-state index is 4.80. The number of rotatable bonds is 7. The summed E-state index contributed by atoms with van der Waals surface area (Å²) < 4.78 is 0. The van der Waals surface area contributed by atoms with Crippen molar-refractivity contribution in [1.82, 2.24) is 10.3 Å². The van der Waals surface area contributed by atoms with Crippen LogP contribution in [0.5, 0.6) is 0 Å². The molecule has 110 valence electrons. The van der Waals surface area contributed by atoms with Crippen LogP contribution in [-0.4, -0.2) is 18.1 Å². The number of thiazole rings is 1. The van der Waals surface area contributed by atoms with E-state index in [2.05, 4.69) is 55.5 Å². The molecule has 0 spiro atoms. The monoisotopic (exact) mass is 309 g/mol. The van der Waals surface area contributed by atoms with E-state index in [1.165, 1.54) is 15.4 Å². The molecule has 2 aromatic heterocycles. The van der Waals surface area contributed by atoms with Gasteiger partial charge in [0.15, 0.2) is 5.13 Å². The molecule has 0 saturated carbocycles. The van der Waals surface area contributed by atoms with Crippen LogP contribution in [0.2, 0.25) is 0 Å². The van der Waals surface area contributed by atoms with Gasteiger partial charge in [0.05, 0.1) is 12.2 Å². The van der Waals surface area contributed by atoms with Crippen LogP contribution in [0, 0.1) is 0 Å². The fourth-order valence-corrected chi connectivity index (χ4v) is 3.77. The summed E-state index contributed by atoms with van der Waals surface area (Å²) in [6.07, 6.45) is 0.998. The summed E-state index contributed by atoms with van der Waals surface area (Å²) in [7, 11) is 2.12. The SMILES string of the molecule is CCc1nc(N(C)Cc2cccs2)sc1CNC(C)C. The molecular formula is C15H23N3S2. The summed E-state index contributed by atoms with van der Waals surface area (Å²) in [6.45, 7) is 8.39. The van der Waals surface area contributed by atoms with E-state index in [0.29, 0.717) is 6.04 Å². The summed E-state index contributed by atoms with van der Waals surface area (Å²) in [5, 5.41) is 6.73. The third-order valence-corrected chi connectivity index (χ3v) is 5.15. The molecule has 0 atom stereocenters. The van der Waals surface area contributed by atoms with Crippen molar-refractivity contribution in [2.75, 3.05) is 11.9 Å².